The zero-order chi connectivity index (χ0) is 9.97. The number of rotatable bonds is 2. The smallest absolute Gasteiger partial charge is 0.267 e. The topological polar surface area (TPSA) is 64.7 Å². The zero-order valence-electron chi connectivity index (χ0n) is 7.44. The van der Waals surface area contributed by atoms with E-state index in [0.717, 1.165) is 5.69 Å². The van der Waals surface area contributed by atoms with Crippen molar-refractivity contribution in [1.82, 2.24) is 20.2 Å². The Morgan fingerprint density at radius 1 is 1.29 bits per heavy atom. The average Bonchev–Trinajstić information content (AvgIpc) is 2.67. The molecule has 2 aromatic heterocycles. The fraction of sp³-hybridized carbons (Fsp3) is 0.250. The van der Waals surface area contributed by atoms with Crippen LogP contribution in [0.15, 0.2) is 16.8 Å². The number of halogens is 1. The van der Waals surface area contributed by atoms with Crippen LogP contribution in [-0.2, 0) is 5.88 Å². The lowest BCUT2D eigenvalue weighted by Gasteiger charge is -1.92. The van der Waals surface area contributed by atoms with Crippen molar-refractivity contribution in [3.63, 3.8) is 0 Å². The molecule has 14 heavy (non-hydrogen) atoms. The van der Waals surface area contributed by atoms with Gasteiger partial charge in [0, 0.05) is 6.20 Å². The lowest BCUT2D eigenvalue weighted by atomic mass is 10.4. The maximum atomic E-state index is 5.52. The first-order chi connectivity index (χ1) is 6.79. The fourth-order valence-corrected chi connectivity index (χ4v) is 1.02. The molecule has 2 heterocycles. The van der Waals surface area contributed by atoms with Gasteiger partial charge < -0.3 is 4.42 Å². The minimum atomic E-state index is 0.201. The van der Waals surface area contributed by atoms with Gasteiger partial charge in [0.1, 0.15) is 11.6 Å². The summed E-state index contributed by atoms with van der Waals surface area (Å²) >= 11 is 5.52. The third-order valence-corrected chi connectivity index (χ3v) is 1.81. The standard InChI is InChI=1S/C8H7ClN4O/c1-5-3-11-6(4-10-5)8-13-12-7(2-9)14-8/h3-4H,2H2,1H3. The van der Waals surface area contributed by atoms with Gasteiger partial charge in [0.25, 0.3) is 5.89 Å². The molecule has 0 N–H and O–H groups in total. The molecule has 0 saturated heterocycles. The van der Waals surface area contributed by atoms with Crippen LogP contribution in [0.25, 0.3) is 11.6 Å². The first-order valence-electron chi connectivity index (χ1n) is 3.97. The highest BCUT2D eigenvalue weighted by molar-refractivity contribution is 6.16. The summed E-state index contributed by atoms with van der Waals surface area (Å²) in [6.45, 7) is 1.86. The average molecular weight is 211 g/mol. The molecule has 0 aliphatic rings. The van der Waals surface area contributed by atoms with E-state index >= 15 is 0 Å². The molecule has 5 nitrogen and oxygen atoms in total. The maximum absolute atomic E-state index is 5.52. The molecule has 0 fully saturated rings. The van der Waals surface area contributed by atoms with Crippen LogP contribution >= 0.6 is 11.6 Å². The van der Waals surface area contributed by atoms with E-state index in [1.807, 2.05) is 6.92 Å². The van der Waals surface area contributed by atoms with Crippen LogP contribution in [0.5, 0.6) is 0 Å². The lowest BCUT2D eigenvalue weighted by Crippen LogP contribution is -1.87. The first kappa shape index (κ1) is 9.08. The van der Waals surface area contributed by atoms with Crippen LogP contribution in [-0.4, -0.2) is 20.2 Å². The quantitative estimate of drug-likeness (QED) is 0.704. The number of hydrogen-bond donors (Lipinski definition) is 0. The molecule has 0 aromatic carbocycles. The van der Waals surface area contributed by atoms with E-state index in [4.69, 9.17) is 16.0 Å². The number of aromatic nitrogens is 4. The minimum Gasteiger partial charge on any atom is -0.418 e. The van der Waals surface area contributed by atoms with Crippen molar-refractivity contribution >= 4 is 11.6 Å². The van der Waals surface area contributed by atoms with Crippen molar-refractivity contribution < 1.29 is 4.42 Å². The second-order valence-electron chi connectivity index (χ2n) is 2.68. The molecule has 72 valence electrons. The molecule has 0 aliphatic heterocycles. The Hall–Kier alpha value is -1.49. The summed E-state index contributed by atoms with van der Waals surface area (Å²) in [4.78, 5) is 8.16. The monoisotopic (exact) mass is 210 g/mol. The molecule has 0 aliphatic carbocycles. The van der Waals surface area contributed by atoms with Gasteiger partial charge in [-0.3, -0.25) is 4.98 Å². The zero-order valence-corrected chi connectivity index (χ0v) is 8.19. The second kappa shape index (κ2) is 3.71. The molecule has 0 saturated carbocycles. The summed E-state index contributed by atoms with van der Waals surface area (Å²) in [5, 5.41) is 7.50. The fourth-order valence-electron chi connectivity index (χ4n) is 0.914. The van der Waals surface area contributed by atoms with Crippen molar-refractivity contribution in [3.05, 3.63) is 24.0 Å². The van der Waals surface area contributed by atoms with Gasteiger partial charge in [-0.05, 0) is 6.92 Å². The molecule has 0 bridgehead atoms. The van der Waals surface area contributed by atoms with E-state index < -0.39 is 0 Å². The highest BCUT2D eigenvalue weighted by Crippen LogP contribution is 2.14. The van der Waals surface area contributed by atoms with Crippen LogP contribution in [0.1, 0.15) is 11.6 Å². The van der Waals surface area contributed by atoms with E-state index in [-0.39, 0.29) is 5.88 Å². The van der Waals surface area contributed by atoms with Gasteiger partial charge in [0.15, 0.2) is 0 Å². The van der Waals surface area contributed by atoms with Gasteiger partial charge in [-0.15, -0.1) is 21.8 Å². The Labute approximate surface area is 85.2 Å². The van der Waals surface area contributed by atoms with Crippen molar-refractivity contribution in [2.45, 2.75) is 12.8 Å². The van der Waals surface area contributed by atoms with E-state index in [9.17, 15) is 0 Å². The van der Waals surface area contributed by atoms with Crippen molar-refractivity contribution in [2.75, 3.05) is 0 Å². The minimum absolute atomic E-state index is 0.201. The molecule has 0 radical (unpaired) electrons. The summed E-state index contributed by atoms with van der Waals surface area (Å²) in [6.07, 6.45) is 3.22. The Balaban J connectivity index is 2.34. The Morgan fingerprint density at radius 2 is 2.14 bits per heavy atom. The lowest BCUT2D eigenvalue weighted by molar-refractivity contribution is 0.525. The molecule has 2 aromatic rings. The third kappa shape index (κ3) is 1.72. The summed E-state index contributed by atoms with van der Waals surface area (Å²) in [6, 6.07) is 0. The number of alkyl halides is 1. The van der Waals surface area contributed by atoms with Crippen molar-refractivity contribution in [3.8, 4) is 11.6 Å². The van der Waals surface area contributed by atoms with Crippen LogP contribution in [0.4, 0.5) is 0 Å². The maximum Gasteiger partial charge on any atom is 0.267 e. The van der Waals surface area contributed by atoms with E-state index in [1.54, 1.807) is 12.4 Å². The van der Waals surface area contributed by atoms with E-state index in [1.165, 1.54) is 0 Å². The van der Waals surface area contributed by atoms with Gasteiger partial charge in [0.2, 0.25) is 5.89 Å². The second-order valence-corrected chi connectivity index (χ2v) is 2.94. The van der Waals surface area contributed by atoms with E-state index in [0.29, 0.717) is 17.5 Å². The first-order valence-corrected chi connectivity index (χ1v) is 4.50. The highest BCUT2D eigenvalue weighted by atomic mass is 35.5. The Morgan fingerprint density at radius 3 is 2.71 bits per heavy atom. The molecule has 0 spiro atoms. The Bertz CT molecular complexity index is 425. The molecular weight excluding hydrogens is 204 g/mol. The molecule has 2 rings (SSSR count). The van der Waals surface area contributed by atoms with Crippen LogP contribution in [0.3, 0.4) is 0 Å². The van der Waals surface area contributed by atoms with E-state index in [2.05, 4.69) is 20.2 Å². The van der Waals surface area contributed by atoms with Crippen LogP contribution < -0.4 is 0 Å². The van der Waals surface area contributed by atoms with Gasteiger partial charge in [-0.25, -0.2) is 4.98 Å². The summed E-state index contributed by atoms with van der Waals surface area (Å²) in [5.74, 6) is 0.920. The Kier molecular flexibility index (Phi) is 2.41. The molecule has 0 atom stereocenters. The highest BCUT2D eigenvalue weighted by Gasteiger charge is 2.08. The number of nitrogens with zero attached hydrogens (tertiary/aromatic N) is 4. The van der Waals surface area contributed by atoms with Crippen LogP contribution in [0.2, 0.25) is 0 Å². The number of aryl methyl sites for hydroxylation is 1. The van der Waals surface area contributed by atoms with Crippen molar-refractivity contribution in [2.24, 2.45) is 0 Å². The molecular formula is C8H7ClN4O. The SMILES string of the molecule is Cc1cnc(-c2nnc(CCl)o2)cn1. The summed E-state index contributed by atoms with van der Waals surface area (Å²) < 4.78 is 5.20. The van der Waals surface area contributed by atoms with Gasteiger partial charge in [-0.1, -0.05) is 0 Å². The van der Waals surface area contributed by atoms with Crippen LogP contribution in [0, 0.1) is 6.92 Å². The number of hydrogen-bond acceptors (Lipinski definition) is 5. The summed E-state index contributed by atoms with van der Waals surface area (Å²) in [5.41, 5.74) is 1.39. The third-order valence-electron chi connectivity index (χ3n) is 1.58. The van der Waals surface area contributed by atoms with Gasteiger partial charge >= 0.3 is 0 Å². The normalized spacial score (nSPS) is 10.4. The molecule has 0 amide bonds. The molecule has 0 unspecified atom stereocenters. The largest absolute Gasteiger partial charge is 0.418 e. The predicted molar refractivity (Wildman–Crippen MR) is 49.6 cm³/mol. The molecule has 6 heteroatoms. The van der Waals surface area contributed by atoms with Crippen molar-refractivity contribution in [1.29, 1.82) is 0 Å². The predicted octanol–water partition coefficient (Wildman–Crippen LogP) is 1.57. The van der Waals surface area contributed by atoms with Gasteiger partial charge in [0.05, 0.1) is 11.9 Å². The summed E-state index contributed by atoms with van der Waals surface area (Å²) in [7, 11) is 0. The van der Waals surface area contributed by atoms with Gasteiger partial charge in [-0.2, -0.15) is 0 Å².